The maximum absolute atomic E-state index is 13.8. The van der Waals surface area contributed by atoms with Crippen LogP contribution in [-0.4, -0.2) is 41.2 Å². The fraction of sp³-hybridized carbons (Fsp3) is 0.333. The Bertz CT molecular complexity index is 1100. The number of halogens is 4. The largest absolute Gasteiger partial charge is 0.457 e. The Morgan fingerprint density at radius 3 is 2.45 bits per heavy atom. The predicted molar refractivity (Wildman–Crippen MR) is 112 cm³/mol. The number of amides is 2. The topological polar surface area (TPSA) is 49.9 Å². The number of ether oxygens (including phenoxy) is 1. The minimum atomic E-state index is -4.78. The van der Waals surface area contributed by atoms with E-state index < -0.39 is 17.6 Å². The molecule has 0 bridgehead atoms. The summed E-state index contributed by atoms with van der Waals surface area (Å²) in [6.45, 7) is 5.29. The standard InChI is InChI=1S/C24H22F4N2O3/c1-2-22(31)29-9-8-16(13-29)23(32)30-10-7-15-3-4-18(11-17(15)14-30)33-19-5-6-20(21(25)12-19)24(26,27)28/h2-6,11-12,16H,1,7-10,13-14H2. The molecule has 0 radical (unpaired) electrons. The molecule has 4 rings (SSSR count). The van der Waals surface area contributed by atoms with E-state index in [2.05, 4.69) is 6.58 Å². The molecule has 1 atom stereocenters. The fourth-order valence-corrected chi connectivity index (χ4v) is 4.26. The maximum atomic E-state index is 13.8. The average Bonchev–Trinajstić information content (AvgIpc) is 3.27. The smallest absolute Gasteiger partial charge is 0.419 e. The number of carbonyl (C=O) groups is 2. The second-order valence-electron chi connectivity index (χ2n) is 8.16. The first-order valence-electron chi connectivity index (χ1n) is 10.5. The lowest BCUT2D eigenvalue weighted by Gasteiger charge is -2.31. The first-order valence-corrected chi connectivity index (χ1v) is 10.5. The Hall–Kier alpha value is -3.36. The van der Waals surface area contributed by atoms with Crippen LogP contribution in [0.3, 0.4) is 0 Å². The summed E-state index contributed by atoms with van der Waals surface area (Å²) in [5.41, 5.74) is 0.547. The van der Waals surface area contributed by atoms with Gasteiger partial charge in [-0.25, -0.2) is 4.39 Å². The summed E-state index contributed by atoms with van der Waals surface area (Å²) in [5, 5.41) is 0. The number of hydrogen-bond donors (Lipinski definition) is 0. The zero-order chi connectivity index (χ0) is 23.8. The number of nitrogens with zero attached hydrogens (tertiary/aromatic N) is 2. The van der Waals surface area contributed by atoms with E-state index in [9.17, 15) is 27.2 Å². The van der Waals surface area contributed by atoms with Gasteiger partial charge in [0.15, 0.2) is 0 Å². The van der Waals surface area contributed by atoms with Gasteiger partial charge in [-0.15, -0.1) is 0 Å². The molecule has 2 heterocycles. The summed E-state index contributed by atoms with van der Waals surface area (Å²) >= 11 is 0. The van der Waals surface area contributed by atoms with E-state index in [1.54, 1.807) is 21.9 Å². The molecule has 33 heavy (non-hydrogen) atoms. The lowest BCUT2D eigenvalue weighted by molar-refractivity contribution is -0.140. The molecule has 2 aliphatic heterocycles. The summed E-state index contributed by atoms with van der Waals surface area (Å²) in [7, 11) is 0. The van der Waals surface area contributed by atoms with Crippen molar-refractivity contribution in [3.63, 3.8) is 0 Å². The molecule has 0 N–H and O–H groups in total. The van der Waals surface area contributed by atoms with Gasteiger partial charge in [0.05, 0.1) is 11.5 Å². The van der Waals surface area contributed by atoms with Crippen molar-refractivity contribution >= 4 is 11.8 Å². The average molecular weight is 462 g/mol. The number of likely N-dealkylation sites (tertiary alicyclic amines) is 1. The van der Waals surface area contributed by atoms with Gasteiger partial charge in [-0.2, -0.15) is 13.2 Å². The number of hydrogen-bond acceptors (Lipinski definition) is 3. The Morgan fingerprint density at radius 1 is 1.03 bits per heavy atom. The predicted octanol–water partition coefficient (Wildman–Crippen LogP) is 4.56. The molecule has 2 aliphatic rings. The van der Waals surface area contributed by atoms with Crippen LogP contribution >= 0.6 is 0 Å². The van der Waals surface area contributed by atoms with Gasteiger partial charge in [0.1, 0.15) is 17.3 Å². The van der Waals surface area contributed by atoms with E-state index in [1.165, 1.54) is 6.08 Å². The van der Waals surface area contributed by atoms with Gasteiger partial charge in [0, 0.05) is 32.2 Å². The molecular formula is C24H22F4N2O3. The molecular weight excluding hydrogens is 440 g/mol. The van der Waals surface area contributed by atoms with Gasteiger partial charge in [0.25, 0.3) is 0 Å². The molecule has 0 aromatic heterocycles. The van der Waals surface area contributed by atoms with Crippen LogP contribution in [0.25, 0.3) is 0 Å². The van der Waals surface area contributed by atoms with Crippen LogP contribution in [0.1, 0.15) is 23.1 Å². The van der Waals surface area contributed by atoms with Gasteiger partial charge in [-0.3, -0.25) is 9.59 Å². The highest BCUT2D eigenvalue weighted by atomic mass is 19.4. The van der Waals surface area contributed by atoms with E-state index in [-0.39, 0.29) is 23.5 Å². The van der Waals surface area contributed by atoms with Gasteiger partial charge in [-0.05, 0) is 54.3 Å². The normalized spacial score (nSPS) is 18.1. The minimum absolute atomic E-state index is 0.0175. The van der Waals surface area contributed by atoms with Crippen LogP contribution in [0.4, 0.5) is 17.6 Å². The summed E-state index contributed by atoms with van der Waals surface area (Å²) in [4.78, 5) is 28.1. The van der Waals surface area contributed by atoms with Crippen molar-refractivity contribution in [2.45, 2.75) is 25.6 Å². The molecule has 0 aliphatic carbocycles. The molecule has 9 heteroatoms. The van der Waals surface area contributed by atoms with Crippen molar-refractivity contribution < 1.29 is 31.9 Å². The van der Waals surface area contributed by atoms with Gasteiger partial charge < -0.3 is 14.5 Å². The molecule has 1 fully saturated rings. The van der Waals surface area contributed by atoms with Crippen molar-refractivity contribution in [2.75, 3.05) is 19.6 Å². The summed E-state index contributed by atoms with van der Waals surface area (Å²) in [6.07, 6.45) is -2.28. The van der Waals surface area contributed by atoms with Crippen LogP contribution in [0.15, 0.2) is 49.1 Å². The SMILES string of the molecule is C=CC(=O)N1CCC(C(=O)N2CCc3ccc(Oc4ccc(C(F)(F)F)c(F)c4)cc3C2)C1. The van der Waals surface area contributed by atoms with Crippen LogP contribution in [0.2, 0.25) is 0 Å². The van der Waals surface area contributed by atoms with E-state index in [4.69, 9.17) is 4.74 Å². The third-order valence-electron chi connectivity index (χ3n) is 6.01. The van der Waals surface area contributed by atoms with Crippen molar-refractivity contribution in [1.29, 1.82) is 0 Å². The van der Waals surface area contributed by atoms with Crippen LogP contribution in [-0.2, 0) is 28.7 Å². The second kappa shape index (κ2) is 8.88. The molecule has 1 unspecified atom stereocenters. The zero-order valence-corrected chi connectivity index (χ0v) is 17.7. The van der Waals surface area contributed by atoms with E-state index in [0.717, 1.165) is 17.2 Å². The minimum Gasteiger partial charge on any atom is -0.457 e. The maximum Gasteiger partial charge on any atom is 0.419 e. The number of carbonyl (C=O) groups excluding carboxylic acids is 2. The number of rotatable bonds is 4. The van der Waals surface area contributed by atoms with E-state index in [1.807, 2.05) is 6.07 Å². The highest BCUT2D eigenvalue weighted by molar-refractivity contribution is 5.88. The Balaban J connectivity index is 1.45. The van der Waals surface area contributed by atoms with Crippen molar-refractivity contribution in [3.8, 4) is 11.5 Å². The fourth-order valence-electron chi connectivity index (χ4n) is 4.26. The summed E-state index contributed by atoms with van der Waals surface area (Å²) in [5.74, 6) is -1.58. The van der Waals surface area contributed by atoms with Crippen LogP contribution in [0, 0.1) is 11.7 Å². The third-order valence-corrected chi connectivity index (χ3v) is 6.01. The van der Waals surface area contributed by atoms with Crippen molar-refractivity contribution in [3.05, 3.63) is 71.6 Å². The summed E-state index contributed by atoms with van der Waals surface area (Å²) in [6, 6.07) is 7.64. The van der Waals surface area contributed by atoms with E-state index in [0.29, 0.717) is 56.9 Å². The van der Waals surface area contributed by atoms with Crippen LogP contribution < -0.4 is 4.74 Å². The first kappa shape index (κ1) is 22.8. The highest BCUT2D eigenvalue weighted by Gasteiger charge is 2.35. The lowest BCUT2D eigenvalue weighted by Crippen LogP contribution is -2.41. The van der Waals surface area contributed by atoms with Gasteiger partial charge in [0.2, 0.25) is 11.8 Å². The van der Waals surface area contributed by atoms with Crippen LogP contribution in [0.5, 0.6) is 11.5 Å². The molecule has 1 saturated heterocycles. The second-order valence-corrected chi connectivity index (χ2v) is 8.16. The number of fused-ring (bicyclic) bond motifs is 1. The Morgan fingerprint density at radius 2 is 1.76 bits per heavy atom. The first-order chi connectivity index (χ1) is 15.7. The van der Waals surface area contributed by atoms with Gasteiger partial charge >= 0.3 is 6.18 Å². The number of benzene rings is 2. The quantitative estimate of drug-likeness (QED) is 0.495. The molecule has 174 valence electrons. The number of alkyl halides is 3. The van der Waals surface area contributed by atoms with Crippen molar-refractivity contribution in [1.82, 2.24) is 9.80 Å². The summed E-state index contributed by atoms with van der Waals surface area (Å²) < 4.78 is 57.7. The van der Waals surface area contributed by atoms with Gasteiger partial charge in [-0.1, -0.05) is 12.6 Å². The molecule has 0 spiro atoms. The monoisotopic (exact) mass is 462 g/mol. The van der Waals surface area contributed by atoms with E-state index >= 15 is 0 Å². The molecule has 5 nitrogen and oxygen atoms in total. The van der Waals surface area contributed by atoms with Crippen molar-refractivity contribution in [2.24, 2.45) is 5.92 Å². The Kier molecular flexibility index (Phi) is 6.14. The molecule has 2 amide bonds. The molecule has 2 aromatic rings. The third kappa shape index (κ3) is 4.86. The molecule has 0 saturated carbocycles. The Labute approximate surface area is 188 Å². The highest BCUT2D eigenvalue weighted by Crippen LogP contribution is 2.34. The lowest BCUT2D eigenvalue weighted by atomic mass is 9.97. The molecule has 2 aromatic carbocycles. The zero-order valence-electron chi connectivity index (χ0n) is 17.7.